The maximum absolute atomic E-state index is 14.8. The summed E-state index contributed by atoms with van der Waals surface area (Å²) in [4.78, 5) is 26.2. The number of nitrogens with one attached hydrogen (secondary N) is 4. The van der Waals surface area contributed by atoms with Gasteiger partial charge in [-0.25, -0.2) is 14.4 Å². The minimum Gasteiger partial charge on any atom is -0.349 e. The van der Waals surface area contributed by atoms with E-state index in [1.165, 1.54) is 29.5 Å². The third-order valence-corrected chi connectivity index (χ3v) is 6.94. The molecule has 1 saturated carbocycles. The molecule has 5 rings (SSSR count). The Morgan fingerprint density at radius 2 is 1.95 bits per heavy atom. The van der Waals surface area contributed by atoms with Gasteiger partial charge in [-0.2, -0.15) is 10.2 Å². The predicted molar refractivity (Wildman–Crippen MR) is 143 cm³/mol. The zero-order valence-electron chi connectivity index (χ0n) is 21.9. The summed E-state index contributed by atoms with van der Waals surface area (Å²) in [7, 11) is 0. The van der Waals surface area contributed by atoms with Gasteiger partial charge in [-0.15, -0.1) is 0 Å². The third kappa shape index (κ3) is 5.29. The predicted octanol–water partition coefficient (Wildman–Crippen LogP) is 4.57. The van der Waals surface area contributed by atoms with Gasteiger partial charge in [0.2, 0.25) is 5.95 Å². The molecule has 4 N–H and O–H groups in total. The number of anilines is 4. The highest BCUT2D eigenvalue weighted by molar-refractivity contribution is 5.99. The number of hydrogen-bond donors (Lipinski definition) is 4. The second-order valence-electron chi connectivity index (χ2n) is 10.9. The van der Waals surface area contributed by atoms with Crippen LogP contribution in [-0.4, -0.2) is 33.4 Å². The molecule has 1 fully saturated rings. The third-order valence-electron chi connectivity index (χ3n) is 6.94. The zero-order valence-corrected chi connectivity index (χ0v) is 21.9. The first-order valence-corrected chi connectivity index (χ1v) is 12.7. The molecule has 10 heteroatoms. The van der Waals surface area contributed by atoms with Crippen molar-refractivity contribution in [2.75, 3.05) is 17.2 Å². The van der Waals surface area contributed by atoms with Crippen LogP contribution in [0.5, 0.6) is 0 Å². The Hall–Kier alpha value is -4.10. The zero-order chi connectivity index (χ0) is 27.1. The number of amides is 1. The molecule has 1 aliphatic heterocycles. The number of carbonyl (C=O) groups is 1. The monoisotopic (exact) mass is 514 g/mol. The maximum atomic E-state index is 14.8. The van der Waals surface area contributed by atoms with Crippen LogP contribution in [0.3, 0.4) is 0 Å². The summed E-state index contributed by atoms with van der Waals surface area (Å²) < 4.78 is 14.8. The maximum Gasteiger partial charge on any atom is 0.256 e. The van der Waals surface area contributed by atoms with E-state index in [-0.39, 0.29) is 40.6 Å². The summed E-state index contributed by atoms with van der Waals surface area (Å²) in [6.07, 6.45) is 4.16. The molecule has 0 saturated heterocycles. The van der Waals surface area contributed by atoms with Gasteiger partial charge in [0.15, 0.2) is 11.6 Å². The number of benzene rings is 1. The van der Waals surface area contributed by atoms with Crippen molar-refractivity contribution in [2.45, 2.75) is 64.0 Å². The van der Waals surface area contributed by atoms with E-state index < -0.39 is 11.2 Å². The van der Waals surface area contributed by atoms with Crippen LogP contribution in [-0.2, 0) is 17.4 Å². The number of rotatable bonds is 7. The van der Waals surface area contributed by atoms with Gasteiger partial charge in [0.25, 0.3) is 5.91 Å². The number of nitrogens with zero attached hydrogens (tertiary/aromatic N) is 4. The van der Waals surface area contributed by atoms with Crippen LogP contribution in [0.15, 0.2) is 36.5 Å². The van der Waals surface area contributed by atoms with Crippen LogP contribution < -0.4 is 21.3 Å². The van der Waals surface area contributed by atoms with E-state index in [1.807, 2.05) is 6.07 Å². The Balaban J connectivity index is 1.48. The van der Waals surface area contributed by atoms with Crippen molar-refractivity contribution in [2.24, 2.45) is 0 Å². The number of aromatic nitrogens is 3. The summed E-state index contributed by atoms with van der Waals surface area (Å²) in [5.41, 5.74) is 2.82. The Bertz CT molecular complexity index is 1440. The van der Waals surface area contributed by atoms with Gasteiger partial charge in [0.1, 0.15) is 11.4 Å². The summed E-state index contributed by atoms with van der Waals surface area (Å²) in [5.74, 6) is -0.742. The molecule has 0 unspecified atom stereocenters. The first-order valence-electron chi connectivity index (χ1n) is 12.7. The van der Waals surface area contributed by atoms with Crippen LogP contribution in [0.4, 0.5) is 27.7 Å². The molecule has 0 bridgehead atoms. The van der Waals surface area contributed by atoms with Crippen LogP contribution >= 0.6 is 0 Å². The lowest BCUT2D eigenvalue weighted by Gasteiger charge is -2.34. The highest BCUT2D eigenvalue weighted by atomic mass is 19.1. The van der Waals surface area contributed by atoms with E-state index in [4.69, 9.17) is 0 Å². The summed E-state index contributed by atoms with van der Waals surface area (Å²) >= 11 is 0. The van der Waals surface area contributed by atoms with E-state index in [9.17, 15) is 14.4 Å². The molecule has 38 heavy (non-hydrogen) atoms. The molecule has 1 aliphatic carbocycles. The van der Waals surface area contributed by atoms with Crippen molar-refractivity contribution >= 4 is 29.2 Å². The Kier molecular flexibility index (Phi) is 6.49. The fourth-order valence-corrected chi connectivity index (χ4v) is 4.46. The molecule has 0 atom stereocenters. The van der Waals surface area contributed by atoms with Crippen molar-refractivity contribution in [3.05, 3.63) is 64.7 Å². The highest BCUT2D eigenvalue weighted by Gasteiger charge is 2.28. The van der Waals surface area contributed by atoms with Gasteiger partial charge in [0.05, 0.1) is 17.2 Å². The van der Waals surface area contributed by atoms with E-state index in [0.717, 1.165) is 31.5 Å². The molecule has 3 aromatic rings. The number of fused-ring (bicyclic) bond motifs is 1. The van der Waals surface area contributed by atoms with Gasteiger partial charge < -0.3 is 21.3 Å². The first kappa shape index (κ1) is 25.5. The van der Waals surface area contributed by atoms with Crippen molar-refractivity contribution < 1.29 is 9.18 Å². The highest BCUT2D eigenvalue weighted by Crippen LogP contribution is 2.31. The second kappa shape index (κ2) is 9.65. The molecule has 3 heterocycles. The molecule has 9 nitrogen and oxygen atoms in total. The molecule has 0 spiro atoms. The minimum absolute atomic E-state index is 0.109. The largest absolute Gasteiger partial charge is 0.349 e. The fraction of sp³-hybridized carbons (Fsp3) is 0.393. The number of hydrogen-bond acceptors (Lipinski definition) is 8. The molecule has 196 valence electrons. The normalized spacial score (nSPS) is 16.2. The average molecular weight is 515 g/mol. The minimum atomic E-state index is -0.925. The molecular weight excluding hydrogens is 483 g/mol. The van der Waals surface area contributed by atoms with Gasteiger partial charge in [-0.05, 0) is 88.9 Å². The Morgan fingerprint density at radius 3 is 2.68 bits per heavy atom. The average Bonchev–Trinajstić information content (AvgIpc) is 3.69. The number of nitriles is 1. The number of carbonyl (C=O) groups excluding carboxylic acids is 1. The molecule has 1 aromatic carbocycles. The van der Waals surface area contributed by atoms with Crippen molar-refractivity contribution in [1.29, 1.82) is 5.26 Å². The molecule has 1 amide bonds. The van der Waals surface area contributed by atoms with Crippen LogP contribution in [0.25, 0.3) is 0 Å². The second-order valence-corrected chi connectivity index (χ2v) is 10.9. The van der Waals surface area contributed by atoms with E-state index in [2.05, 4.69) is 68.3 Å². The van der Waals surface area contributed by atoms with Crippen LogP contribution in [0.1, 0.15) is 67.7 Å². The molecule has 0 radical (unpaired) electrons. The van der Waals surface area contributed by atoms with E-state index >= 15 is 0 Å². The summed E-state index contributed by atoms with van der Waals surface area (Å²) in [6.45, 7) is 8.61. The van der Waals surface area contributed by atoms with E-state index in [1.54, 1.807) is 13.8 Å². The Labute approximate surface area is 221 Å². The number of pyridine rings is 1. The van der Waals surface area contributed by atoms with Gasteiger partial charge in [-0.1, -0.05) is 6.07 Å². The quantitative estimate of drug-likeness (QED) is 0.361. The fourth-order valence-electron chi connectivity index (χ4n) is 4.46. The Morgan fingerprint density at radius 1 is 1.16 bits per heavy atom. The lowest BCUT2D eigenvalue weighted by atomic mass is 9.85. The van der Waals surface area contributed by atoms with Gasteiger partial charge >= 0.3 is 0 Å². The van der Waals surface area contributed by atoms with Gasteiger partial charge in [-0.3, -0.25) is 4.79 Å². The molecule has 2 aliphatic rings. The SMILES string of the molecule is CC(C)(C#N)c1ccc(F)c(Nc2nc(Nc3ccc4c(c3)CCNC4(C)C)ncc2C(=O)NC2CC2)n1. The molecular formula is C28H31FN8O. The lowest BCUT2D eigenvalue weighted by Crippen LogP contribution is -2.42. The summed E-state index contributed by atoms with van der Waals surface area (Å²) in [5, 5.41) is 22.0. The van der Waals surface area contributed by atoms with Crippen molar-refractivity contribution in [3.63, 3.8) is 0 Å². The standard InChI is InChI=1S/C28H31FN8O/c1-27(2,15-30)22-10-9-21(29)24(35-22)36-23-19(25(38)33-17-5-6-17)14-31-26(37-23)34-18-7-8-20-16(13-18)11-12-32-28(20,3)4/h7-10,13-14,17,32H,5-6,11-12H2,1-4H3,(H,33,38)(H2,31,34,35,36,37). The molecule has 2 aromatic heterocycles. The van der Waals surface area contributed by atoms with E-state index in [0.29, 0.717) is 5.69 Å². The van der Waals surface area contributed by atoms with Crippen LogP contribution in [0.2, 0.25) is 0 Å². The number of halogens is 1. The van der Waals surface area contributed by atoms with Crippen LogP contribution in [0, 0.1) is 17.1 Å². The van der Waals surface area contributed by atoms with Gasteiger partial charge in [0, 0.05) is 23.5 Å². The first-order chi connectivity index (χ1) is 18.1. The topological polar surface area (TPSA) is 128 Å². The smallest absolute Gasteiger partial charge is 0.256 e. The van der Waals surface area contributed by atoms with Crippen molar-refractivity contribution in [1.82, 2.24) is 25.6 Å². The van der Waals surface area contributed by atoms with Crippen molar-refractivity contribution in [3.8, 4) is 6.07 Å². The lowest BCUT2D eigenvalue weighted by molar-refractivity contribution is 0.0951. The summed E-state index contributed by atoms with van der Waals surface area (Å²) in [6, 6.07) is 11.1.